The van der Waals surface area contributed by atoms with E-state index in [1.807, 2.05) is 31.2 Å². The van der Waals surface area contributed by atoms with Gasteiger partial charge in [-0.2, -0.15) is 0 Å². The Morgan fingerprint density at radius 2 is 1.36 bits per heavy atom. The van der Waals surface area contributed by atoms with Crippen molar-refractivity contribution in [2.75, 3.05) is 19.8 Å². The van der Waals surface area contributed by atoms with E-state index in [-0.39, 0.29) is 17.1 Å². The molecule has 0 amide bonds. The molecule has 0 saturated heterocycles. The first kappa shape index (κ1) is 19.0. The fourth-order valence-electron chi connectivity index (χ4n) is 1.71. The lowest BCUT2D eigenvalue weighted by Gasteiger charge is -2.27. The zero-order valence-electron chi connectivity index (χ0n) is 15.2. The van der Waals surface area contributed by atoms with E-state index in [9.17, 15) is 0 Å². The molecule has 0 aromatic heterocycles. The maximum Gasteiger partial charge on any atom is 0.191 e. The highest BCUT2D eigenvalue weighted by Gasteiger charge is 2.20. The van der Waals surface area contributed by atoms with Crippen LogP contribution >= 0.6 is 0 Å². The lowest BCUT2D eigenvalue weighted by Crippen LogP contribution is -2.32. The maximum atomic E-state index is 5.92. The number of hydrogen-bond acceptors (Lipinski definition) is 3. The molecule has 1 aromatic carbocycles. The van der Waals surface area contributed by atoms with E-state index in [1.54, 1.807) is 0 Å². The number of ether oxygens (including phenoxy) is 3. The molecule has 0 unspecified atom stereocenters. The number of para-hydroxylation sites is 1. The molecule has 0 aliphatic heterocycles. The first-order valence-electron chi connectivity index (χ1n) is 7.98. The summed E-state index contributed by atoms with van der Waals surface area (Å²) >= 11 is 0. The van der Waals surface area contributed by atoms with Crippen LogP contribution in [-0.4, -0.2) is 26.1 Å². The van der Waals surface area contributed by atoms with Gasteiger partial charge in [-0.1, -0.05) is 59.7 Å². The monoisotopic (exact) mass is 308 g/mol. The minimum absolute atomic E-state index is 0.103. The molecule has 0 aliphatic carbocycles. The summed E-state index contributed by atoms with van der Waals surface area (Å²) in [5.74, 6) is 0.881. The van der Waals surface area contributed by atoms with Crippen molar-refractivity contribution in [3.05, 3.63) is 29.8 Å². The molecule has 1 aromatic rings. The van der Waals surface area contributed by atoms with E-state index < -0.39 is 0 Å². The second-order valence-electron chi connectivity index (χ2n) is 8.25. The molecule has 0 aliphatic rings. The van der Waals surface area contributed by atoms with E-state index in [0.717, 1.165) is 11.3 Å². The molecule has 0 heterocycles. The average molecular weight is 308 g/mol. The van der Waals surface area contributed by atoms with Gasteiger partial charge in [-0.3, -0.25) is 0 Å². The van der Waals surface area contributed by atoms with Gasteiger partial charge in [-0.15, -0.1) is 0 Å². The Kier molecular flexibility index (Phi) is 6.89. The Labute approximate surface area is 136 Å². The molecule has 0 fully saturated rings. The van der Waals surface area contributed by atoms with Crippen LogP contribution in [0.3, 0.4) is 0 Å². The highest BCUT2D eigenvalue weighted by molar-refractivity contribution is 5.31. The van der Waals surface area contributed by atoms with Crippen molar-refractivity contribution >= 4 is 0 Å². The standard InChI is InChI=1S/C19H32O3/c1-15-10-8-9-11-16(15)20-12-17(21-13-18(2,3)4)22-14-19(5,6)7/h8-11,17H,12-14H2,1-7H3. The van der Waals surface area contributed by atoms with Gasteiger partial charge >= 0.3 is 0 Å². The second kappa shape index (κ2) is 7.98. The van der Waals surface area contributed by atoms with Crippen LogP contribution in [0, 0.1) is 17.8 Å². The summed E-state index contributed by atoms with van der Waals surface area (Å²) in [5, 5.41) is 0. The molecular formula is C19H32O3. The summed E-state index contributed by atoms with van der Waals surface area (Å²) in [5.41, 5.74) is 1.32. The van der Waals surface area contributed by atoms with Gasteiger partial charge in [0, 0.05) is 0 Å². The maximum absolute atomic E-state index is 5.92. The Morgan fingerprint density at radius 1 is 0.864 bits per heavy atom. The van der Waals surface area contributed by atoms with Gasteiger partial charge in [0.05, 0.1) is 13.2 Å². The number of benzene rings is 1. The largest absolute Gasteiger partial charge is 0.488 e. The second-order valence-corrected chi connectivity index (χ2v) is 8.25. The van der Waals surface area contributed by atoms with Crippen molar-refractivity contribution < 1.29 is 14.2 Å². The van der Waals surface area contributed by atoms with E-state index in [2.05, 4.69) is 41.5 Å². The van der Waals surface area contributed by atoms with Crippen molar-refractivity contribution in [2.45, 2.75) is 54.8 Å². The third kappa shape index (κ3) is 8.40. The van der Waals surface area contributed by atoms with Gasteiger partial charge in [0.25, 0.3) is 0 Å². The first-order chi connectivity index (χ1) is 10.1. The van der Waals surface area contributed by atoms with Crippen LogP contribution in [0.4, 0.5) is 0 Å². The highest BCUT2D eigenvalue weighted by Crippen LogP contribution is 2.20. The van der Waals surface area contributed by atoms with Crippen LogP contribution < -0.4 is 4.74 Å². The Bertz CT molecular complexity index is 423. The number of aryl methyl sites for hydroxylation is 1. The number of rotatable bonds is 7. The smallest absolute Gasteiger partial charge is 0.191 e. The Hall–Kier alpha value is -1.06. The van der Waals surface area contributed by atoms with Crippen molar-refractivity contribution in [2.24, 2.45) is 10.8 Å². The predicted octanol–water partition coefficient (Wildman–Crippen LogP) is 4.83. The van der Waals surface area contributed by atoms with E-state index in [1.165, 1.54) is 0 Å². The zero-order valence-corrected chi connectivity index (χ0v) is 15.2. The van der Waals surface area contributed by atoms with Gasteiger partial charge in [0.15, 0.2) is 6.29 Å². The summed E-state index contributed by atoms with van der Waals surface area (Å²) in [6, 6.07) is 7.99. The van der Waals surface area contributed by atoms with Crippen LogP contribution in [0.15, 0.2) is 24.3 Å². The molecule has 1 rings (SSSR count). The molecule has 0 N–H and O–H groups in total. The van der Waals surface area contributed by atoms with E-state index >= 15 is 0 Å². The predicted molar refractivity (Wildman–Crippen MR) is 91.3 cm³/mol. The number of hydrogen-bond donors (Lipinski definition) is 0. The van der Waals surface area contributed by atoms with Crippen LogP contribution in [-0.2, 0) is 9.47 Å². The summed E-state index contributed by atoms with van der Waals surface area (Å²) in [6.45, 7) is 16.6. The van der Waals surface area contributed by atoms with Crippen molar-refractivity contribution in [1.82, 2.24) is 0 Å². The van der Waals surface area contributed by atoms with Gasteiger partial charge < -0.3 is 14.2 Å². The van der Waals surface area contributed by atoms with Crippen molar-refractivity contribution in [1.29, 1.82) is 0 Å². The highest BCUT2D eigenvalue weighted by atomic mass is 16.7. The van der Waals surface area contributed by atoms with Crippen molar-refractivity contribution in [3.8, 4) is 5.75 Å². The van der Waals surface area contributed by atoms with Crippen LogP contribution in [0.2, 0.25) is 0 Å². The summed E-state index contributed by atoms with van der Waals surface area (Å²) in [4.78, 5) is 0. The Morgan fingerprint density at radius 3 is 1.82 bits per heavy atom. The fourth-order valence-corrected chi connectivity index (χ4v) is 1.71. The minimum Gasteiger partial charge on any atom is -0.488 e. The zero-order chi connectivity index (χ0) is 16.8. The molecule has 0 spiro atoms. The average Bonchev–Trinajstić information content (AvgIpc) is 2.37. The van der Waals surface area contributed by atoms with Crippen LogP contribution in [0.5, 0.6) is 5.75 Å². The Balaban J connectivity index is 2.58. The van der Waals surface area contributed by atoms with E-state index in [4.69, 9.17) is 14.2 Å². The van der Waals surface area contributed by atoms with Gasteiger partial charge in [-0.25, -0.2) is 0 Å². The normalized spacial score (nSPS) is 12.7. The molecule has 0 radical (unpaired) electrons. The summed E-state index contributed by atoms with van der Waals surface area (Å²) in [6.07, 6.45) is -0.349. The SMILES string of the molecule is Cc1ccccc1OCC(OCC(C)(C)C)OCC(C)(C)C. The van der Waals surface area contributed by atoms with Crippen LogP contribution in [0.1, 0.15) is 47.1 Å². The van der Waals surface area contributed by atoms with Crippen LogP contribution in [0.25, 0.3) is 0 Å². The molecule has 0 atom stereocenters. The lowest BCUT2D eigenvalue weighted by atomic mass is 9.98. The fraction of sp³-hybridized carbons (Fsp3) is 0.684. The third-order valence-electron chi connectivity index (χ3n) is 2.87. The minimum atomic E-state index is -0.349. The molecule has 0 saturated carbocycles. The van der Waals surface area contributed by atoms with Gasteiger partial charge in [0.1, 0.15) is 12.4 Å². The van der Waals surface area contributed by atoms with Crippen molar-refractivity contribution in [3.63, 3.8) is 0 Å². The lowest BCUT2D eigenvalue weighted by molar-refractivity contribution is -0.182. The van der Waals surface area contributed by atoms with Gasteiger partial charge in [0.2, 0.25) is 0 Å². The van der Waals surface area contributed by atoms with E-state index in [0.29, 0.717) is 19.8 Å². The quantitative estimate of drug-likeness (QED) is 0.676. The summed E-state index contributed by atoms with van der Waals surface area (Å²) < 4.78 is 17.7. The molecule has 0 bridgehead atoms. The molecule has 22 heavy (non-hydrogen) atoms. The molecule has 3 nitrogen and oxygen atoms in total. The molecular weight excluding hydrogens is 276 g/mol. The third-order valence-corrected chi connectivity index (χ3v) is 2.87. The topological polar surface area (TPSA) is 27.7 Å². The molecule has 3 heteroatoms. The summed E-state index contributed by atoms with van der Waals surface area (Å²) in [7, 11) is 0. The molecule has 126 valence electrons. The first-order valence-corrected chi connectivity index (χ1v) is 7.98. The van der Waals surface area contributed by atoms with Gasteiger partial charge in [-0.05, 0) is 29.4 Å².